The molecule has 0 saturated carbocycles. The lowest BCUT2D eigenvalue weighted by Gasteiger charge is -2.25. The molecule has 0 radical (unpaired) electrons. The lowest BCUT2D eigenvalue weighted by molar-refractivity contribution is -0.319. The number of hydrogen-bond acceptors (Lipinski definition) is 4. The smallest absolute Gasteiger partial charge is 0.316 e. The van der Waals surface area contributed by atoms with Gasteiger partial charge in [-0.3, -0.25) is 4.79 Å². The first-order chi connectivity index (χ1) is 8.83. The molecule has 0 atom stereocenters. The first kappa shape index (κ1) is 11.2. The standard InChI is InChI=1S/C14H12O4/c15-13(8-14-16-9-17-14)18-12-7-3-5-10-4-1-2-6-11(10)12/h1-7,14H,8-9H2. The summed E-state index contributed by atoms with van der Waals surface area (Å²) < 4.78 is 15.3. The first-order valence-corrected chi connectivity index (χ1v) is 5.74. The molecule has 92 valence electrons. The van der Waals surface area contributed by atoms with Crippen LogP contribution < -0.4 is 4.74 Å². The van der Waals surface area contributed by atoms with Crippen LogP contribution >= 0.6 is 0 Å². The predicted molar refractivity (Wildman–Crippen MR) is 65.0 cm³/mol. The Morgan fingerprint density at radius 3 is 2.72 bits per heavy atom. The van der Waals surface area contributed by atoms with E-state index < -0.39 is 6.29 Å². The highest BCUT2D eigenvalue weighted by Crippen LogP contribution is 2.25. The maximum Gasteiger partial charge on any atom is 0.316 e. The fourth-order valence-corrected chi connectivity index (χ4v) is 1.87. The minimum Gasteiger partial charge on any atom is -0.426 e. The van der Waals surface area contributed by atoms with Crippen molar-refractivity contribution in [1.82, 2.24) is 0 Å². The van der Waals surface area contributed by atoms with Gasteiger partial charge in [-0.1, -0.05) is 36.4 Å². The van der Waals surface area contributed by atoms with E-state index in [-0.39, 0.29) is 19.2 Å². The second kappa shape index (κ2) is 4.76. The number of carbonyl (C=O) groups excluding carboxylic acids is 1. The highest BCUT2D eigenvalue weighted by Gasteiger charge is 2.23. The van der Waals surface area contributed by atoms with E-state index in [1.807, 2.05) is 36.4 Å². The Morgan fingerprint density at radius 2 is 1.94 bits per heavy atom. The van der Waals surface area contributed by atoms with Crippen LogP contribution in [0, 0.1) is 0 Å². The largest absolute Gasteiger partial charge is 0.426 e. The third-order valence-electron chi connectivity index (χ3n) is 2.81. The van der Waals surface area contributed by atoms with Gasteiger partial charge in [0, 0.05) is 5.39 Å². The molecule has 0 aliphatic carbocycles. The molecule has 18 heavy (non-hydrogen) atoms. The molecule has 0 bridgehead atoms. The van der Waals surface area contributed by atoms with Crippen molar-refractivity contribution in [3.05, 3.63) is 42.5 Å². The van der Waals surface area contributed by atoms with Gasteiger partial charge >= 0.3 is 5.97 Å². The molecule has 0 N–H and O–H groups in total. The molecule has 0 spiro atoms. The predicted octanol–water partition coefficient (Wildman–Crippen LogP) is 2.47. The number of esters is 1. The van der Waals surface area contributed by atoms with Gasteiger partial charge in [-0.15, -0.1) is 0 Å². The Kier molecular flexibility index (Phi) is 2.96. The molecule has 1 saturated heterocycles. The second-order valence-corrected chi connectivity index (χ2v) is 4.04. The molecule has 0 unspecified atom stereocenters. The van der Waals surface area contributed by atoms with E-state index in [9.17, 15) is 4.79 Å². The fraction of sp³-hybridized carbons (Fsp3) is 0.214. The average molecular weight is 244 g/mol. The van der Waals surface area contributed by atoms with Gasteiger partial charge in [-0.2, -0.15) is 0 Å². The van der Waals surface area contributed by atoms with Gasteiger partial charge < -0.3 is 14.2 Å². The molecule has 1 aliphatic heterocycles. The van der Waals surface area contributed by atoms with Crippen molar-refractivity contribution in [1.29, 1.82) is 0 Å². The molecule has 2 aromatic rings. The third kappa shape index (κ3) is 2.20. The summed E-state index contributed by atoms with van der Waals surface area (Å²) >= 11 is 0. The van der Waals surface area contributed by atoms with Crippen molar-refractivity contribution in [3.8, 4) is 5.75 Å². The van der Waals surface area contributed by atoms with E-state index in [1.54, 1.807) is 6.07 Å². The summed E-state index contributed by atoms with van der Waals surface area (Å²) in [5, 5.41) is 1.96. The number of fused-ring (bicyclic) bond motifs is 1. The minimum atomic E-state index is -0.451. The van der Waals surface area contributed by atoms with Crippen LogP contribution in [-0.4, -0.2) is 19.1 Å². The lowest BCUT2D eigenvalue weighted by atomic mass is 10.1. The van der Waals surface area contributed by atoms with Crippen molar-refractivity contribution in [2.45, 2.75) is 12.7 Å². The molecule has 2 aromatic carbocycles. The summed E-state index contributed by atoms with van der Waals surface area (Å²) in [4.78, 5) is 11.7. The van der Waals surface area contributed by atoms with E-state index in [2.05, 4.69) is 0 Å². The maximum absolute atomic E-state index is 11.7. The van der Waals surface area contributed by atoms with Crippen LogP contribution in [0.4, 0.5) is 0 Å². The van der Waals surface area contributed by atoms with Crippen molar-refractivity contribution in [3.63, 3.8) is 0 Å². The van der Waals surface area contributed by atoms with Gasteiger partial charge in [0.05, 0.1) is 6.42 Å². The molecule has 3 rings (SSSR count). The van der Waals surface area contributed by atoms with Gasteiger partial charge in [-0.25, -0.2) is 0 Å². The van der Waals surface area contributed by atoms with Crippen LogP contribution in [0.15, 0.2) is 42.5 Å². The summed E-state index contributed by atoms with van der Waals surface area (Å²) in [7, 11) is 0. The number of rotatable bonds is 3. The normalized spacial score (nSPS) is 15.3. The minimum absolute atomic E-state index is 0.114. The third-order valence-corrected chi connectivity index (χ3v) is 2.81. The number of ether oxygens (including phenoxy) is 3. The van der Waals surface area contributed by atoms with E-state index in [0.717, 1.165) is 10.8 Å². The van der Waals surface area contributed by atoms with Crippen molar-refractivity contribution < 1.29 is 19.0 Å². The zero-order valence-electron chi connectivity index (χ0n) is 9.67. The molecular weight excluding hydrogens is 232 g/mol. The average Bonchev–Trinajstić information content (AvgIpc) is 2.34. The second-order valence-electron chi connectivity index (χ2n) is 4.04. The van der Waals surface area contributed by atoms with Gasteiger partial charge in [0.1, 0.15) is 5.75 Å². The Labute approximate surface area is 104 Å². The SMILES string of the molecule is O=C(CC1OCO1)Oc1cccc2ccccc12. The summed E-state index contributed by atoms with van der Waals surface area (Å²) in [6.07, 6.45) is -0.337. The van der Waals surface area contributed by atoms with Gasteiger partial charge in [-0.05, 0) is 11.5 Å². The summed E-state index contributed by atoms with van der Waals surface area (Å²) in [5.74, 6) is 0.216. The van der Waals surface area contributed by atoms with Crippen molar-refractivity contribution in [2.75, 3.05) is 6.79 Å². The molecule has 1 aliphatic rings. The fourth-order valence-electron chi connectivity index (χ4n) is 1.87. The zero-order chi connectivity index (χ0) is 12.4. The van der Waals surface area contributed by atoms with Crippen LogP contribution in [0.1, 0.15) is 6.42 Å². The Morgan fingerprint density at radius 1 is 1.17 bits per heavy atom. The maximum atomic E-state index is 11.7. The molecule has 1 heterocycles. The number of benzene rings is 2. The van der Waals surface area contributed by atoms with Crippen LogP contribution in [0.25, 0.3) is 10.8 Å². The monoisotopic (exact) mass is 244 g/mol. The van der Waals surface area contributed by atoms with Gasteiger partial charge in [0.25, 0.3) is 0 Å². The number of carbonyl (C=O) groups is 1. The Hall–Kier alpha value is -1.91. The molecule has 4 nitrogen and oxygen atoms in total. The molecule has 0 amide bonds. The molecule has 1 fully saturated rings. The van der Waals surface area contributed by atoms with Crippen LogP contribution in [-0.2, 0) is 14.3 Å². The van der Waals surface area contributed by atoms with Gasteiger partial charge in [0.2, 0.25) is 0 Å². The Bertz CT molecular complexity index is 570. The summed E-state index contributed by atoms with van der Waals surface area (Å²) in [5.41, 5.74) is 0. The molecule has 0 aromatic heterocycles. The quantitative estimate of drug-likeness (QED) is 0.614. The van der Waals surface area contributed by atoms with Crippen molar-refractivity contribution in [2.24, 2.45) is 0 Å². The van der Waals surface area contributed by atoms with Crippen LogP contribution in [0.5, 0.6) is 5.75 Å². The van der Waals surface area contributed by atoms with E-state index in [0.29, 0.717) is 5.75 Å². The summed E-state index contributed by atoms with van der Waals surface area (Å²) in [6.45, 7) is 0.256. The van der Waals surface area contributed by atoms with Gasteiger partial charge in [0.15, 0.2) is 13.1 Å². The highest BCUT2D eigenvalue weighted by atomic mass is 16.8. The van der Waals surface area contributed by atoms with E-state index >= 15 is 0 Å². The number of hydrogen-bond donors (Lipinski definition) is 0. The van der Waals surface area contributed by atoms with E-state index in [1.165, 1.54) is 0 Å². The van der Waals surface area contributed by atoms with E-state index in [4.69, 9.17) is 14.2 Å². The lowest BCUT2D eigenvalue weighted by Crippen LogP contribution is -2.33. The zero-order valence-corrected chi connectivity index (χ0v) is 9.67. The van der Waals surface area contributed by atoms with Crippen LogP contribution in [0.2, 0.25) is 0 Å². The van der Waals surface area contributed by atoms with Crippen molar-refractivity contribution >= 4 is 16.7 Å². The summed E-state index contributed by atoms with van der Waals surface area (Å²) in [6, 6.07) is 13.4. The van der Waals surface area contributed by atoms with Crippen LogP contribution in [0.3, 0.4) is 0 Å². The Balaban J connectivity index is 1.79. The molecular formula is C14H12O4. The topological polar surface area (TPSA) is 44.8 Å². The highest BCUT2D eigenvalue weighted by molar-refractivity contribution is 5.90. The first-order valence-electron chi connectivity index (χ1n) is 5.74. The molecule has 4 heteroatoms.